The fraction of sp³-hybridized carbons (Fsp3) is 0.235. The van der Waals surface area contributed by atoms with Gasteiger partial charge in [-0.15, -0.1) is 0 Å². The van der Waals surface area contributed by atoms with E-state index in [4.69, 9.17) is 16.3 Å². The van der Waals surface area contributed by atoms with Crippen molar-refractivity contribution >= 4 is 17.3 Å². The molecule has 0 bridgehead atoms. The summed E-state index contributed by atoms with van der Waals surface area (Å²) in [6.45, 7) is 2.72. The monoisotopic (exact) mass is 300 g/mol. The maximum absolute atomic E-state index is 9.40. The zero-order valence-corrected chi connectivity index (χ0v) is 12.6. The van der Waals surface area contributed by atoms with Crippen molar-refractivity contribution < 1.29 is 4.74 Å². The molecule has 0 amide bonds. The maximum Gasteiger partial charge on any atom is 0.140 e. The van der Waals surface area contributed by atoms with E-state index in [1.54, 1.807) is 6.07 Å². The number of para-hydroxylation sites is 1. The van der Waals surface area contributed by atoms with Crippen molar-refractivity contribution in [1.82, 2.24) is 0 Å². The number of rotatable bonds is 6. The molecular formula is C17H17ClN2O. The molecule has 21 heavy (non-hydrogen) atoms. The summed E-state index contributed by atoms with van der Waals surface area (Å²) in [5, 5.41) is 13.1. The Morgan fingerprint density at radius 2 is 2.05 bits per heavy atom. The van der Waals surface area contributed by atoms with E-state index in [2.05, 4.69) is 18.3 Å². The predicted octanol–water partition coefficient (Wildman–Crippen LogP) is 4.81. The minimum atomic E-state index is -0.477. The summed E-state index contributed by atoms with van der Waals surface area (Å²) in [5.41, 5.74) is 1.59. The molecule has 0 heterocycles. The second-order valence-corrected chi connectivity index (χ2v) is 5.01. The third-order valence-corrected chi connectivity index (χ3v) is 3.30. The lowest BCUT2D eigenvalue weighted by molar-refractivity contribution is 0.317. The first kappa shape index (κ1) is 15.2. The minimum absolute atomic E-state index is 0.477. The summed E-state index contributed by atoms with van der Waals surface area (Å²) in [6, 6.07) is 16.7. The Bertz CT molecular complexity index is 637. The van der Waals surface area contributed by atoms with Crippen LogP contribution < -0.4 is 10.1 Å². The van der Waals surface area contributed by atoms with Gasteiger partial charge >= 0.3 is 0 Å². The Kier molecular flexibility index (Phi) is 5.48. The van der Waals surface area contributed by atoms with E-state index in [0.717, 1.165) is 23.4 Å². The van der Waals surface area contributed by atoms with E-state index < -0.39 is 6.04 Å². The highest BCUT2D eigenvalue weighted by atomic mass is 35.5. The Morgan fingerprint density at radius 1 is 1.24 bits per heavy atom. The van der Waals surface area contributed by atoms with Gasteiger partial charge in [-0.3, -0.25) is 0 Å². The van der Waals surface area contributed by atoms with Crippen molar-refractivity contribution in [3.05, 3.63) is 59.1 Å². The number of hydrogen-bond donors (Lipinski definition) is 1. The van der Waals surface area contributed by atoms with Gasteiger partial charge in [-0.25, -0.2) is 0 Å². The lowest BCUT2D eigenvalue weighted by Crippen LogP contribution is -2.09. The van der Waals surface area contributed by atoms with Crippen LogP contribution in [0.4, 0.5) is 5.69 Å². The smallest absolute Gasteiger partial charge is 0.140 e. The first-order valence-corrected chi connectivity index (χ1v) is 7.26. The first-order valence-electron chi connectivity index (χ1n) is 6.88. The average Bonchev–Trinajstić information content (AvgIpc) is 2.52. The molecule has 0 saturated carbocycles. The predicted molar refractivity (Wildman–Crippen MR) is 85.7 cm³/mol. The van der Waals surface area contributed by atoms with Crippen LogP contribution in [0.15, 0.2) is 48.5 Å². The lowest BCUT2D eigenvalue weighted by atomic mass is 10.1. The molecule has 3 nitrogen and oxygen atoms in total. The van der Waals surface area contributed by atoms with E-state index >= 15 is 0 Å². The molecular weight excluding hydrogens is 284 g/mol. The number of hydrogen-bond acceptors (Lipinski definition) is 3. The van der Waals surface area contributed by atoms with E-state index in [-0.39, 0.29) is 0 Å². The van der Waals surface area contributed by atoms with Gasteiger partial charge in [-0.1, -0.05) is 42.8 Å². The molecule has 1 atom stereocenters. The highest BCUT2D eigenvalue weighted by Crippen LogP contribution is 2.27. The van der Waals surface area contributed by atoms with E-state index in [1.165, 1.54) is 0 Å². The number of nitrogens with zero attached hydrogens (tertiary/aromatic N) is 1. The molecule has 0 aromatic heterocycles. The number of nitriles is 1. The molecule has 0 aliphatic rings. The molecule has 0 aliphatic carbocycles. The zero-order chi connectivity index (χ0) is 15.1. The fourth-order valence-electron chi connectivity index (χ4n) is 1.93. The van der Waals surface area contributed by atoms with E-state index in [0.29, 0.717) is 11.6 Å². The fourth-order valence-corrected chi connectivity index (χ4v) is 2.12. The summed E-state index contributed by atoms with van der Waals surface area (Å²) in [4.78, 5) is 0. The van der Waals surface area contributed by atoms with Crippen LogP contribution in [-0.4, -0.2) is 6.61 Å². The van der Waals surface area contributed by atoms with E-state index in [1.807, 2.05) is 42.5 Å². The number of nitrogens with one attached hydrogen (secondary N) is 1. The zero-order valence-electron chi connectivity index (χ0n) is 11.8. The molecule has 4 heteroatoms. The number of halogens is 1. The largest absolute Gasteiger partial charge is 0.494 e. The summed E-state index contributed by atoms with van der Waals surface area (Å²) in [7, 11) is 0. The SMILES string of the molecule is CCCOc1cccc(C(C#N)Nc2ccccc2Cl)c1. The summed E-state index contributed by atoms with van der Waals surface area (Å²) < 4.78 is 5.60. The molecule has 0 radical (unpaired) electrons. The second kappa shape index (κ2) is 7.56. The highest BCUT2D eigenvalue weighted by Gasteiger charge is 2.12. The Morgan fingerprint density at radius 3 is 2.76 bits per heavy atom. The number of ether oxygens (including phenoxy) is 1. The molecule has 2 aromatic carbocycles. The van der Waals surface area contributed by atoms with Crippen LogP contribution in [0.25, 0.3) is 0 Å². The van der Waals surface area contributed by atoms with Gasteiger partial charge < -0.3 is 10.1 Å². The third-order valence-electron chi connectivity index (χ3n) is 2.97. The first-order chi connectivity index (χ1) is 10.2. The molecule has 0 saturated heterocycles. The average molecular weight is 301 g/mol. The van der Waals surface area contributed by atoms with Crippen LogP contribution in [0, 0.1) is 11.3 Å². The van der Waals surface area contributed by atoms with Gasteiger partial charge in [0, 0.05) is 0 Å². The number of benzene rings is 2. The van der Waals surface area contributed by atoms with Crippen LogP contribution in [0.1, 0.15) is 24.9 Å². The Hall–Kier alpha value is -2.18. The maximum atomic E-state index is 9.40. The number of anilines is 1. The van der Waals surface area contributed by atoms with Gasteiger partial charge in [0.25, 0.3) is 0 Å². The van der Waals surface area contributed by atoms with Gasteiger partial charge in [0.2, 0.25) is 0 Å². The van der Waals surface area contributed by atoms with Crippen LogP contribution >= 0.6 is 11.6 Å². The van der Waals surface area contributed by atoms with E-state index in [9.17, 15) is 5.26 Å². The summed E-state index contributed by atoms with van der Waals surface area (Å²) in [6.07, 6.45) is 0.948. The van der Waals surface area contributed by atoms with Crippen LogP contribution in [-0.2, 0) is 0 Å². The van der Waals surface area contributed by atoms with Crippen molar-refractivity contribution in [3.8, 4) is 11.8 Å². The molecule has 0 fully saturated rings. The van der Waals surface area contributed by atoms with Gasteiger partial charge in [0.15, 0.2) is 0 Å². The van der Waals surface area contributed by atoms with Crippen molar-refractivity contribution in [3.63, 3.8) is 0 Å². The standard InChI is InChI=1S/C17H17ClN2O/c1-2-10-21-14-7-5-6-13(11-14)17(12-19)20-16-9-4-3-8-15(16)18/h3-9,11,17,20H,2,10H2,1H3. The highest BCUT2D eigenvalue weighted by molar-refractivity contribution is 6.33. The topological polar surface area (TPSA) is 45.0 Å². The normalized spacial score (nSPS) is 11.5. The minimum Gasteiger partial charge on any atom is -0.494 e. The van der Waals surface area contributed by atoms with Crippen molar-refractivity contribution in [1.29, 1.82) is 5.26 Å². The molecule has 2 rings (SSSR count). The van der Waals surface area contributed by atoms with Crippen LogP contribution in [0.5, 0.6) is 5.75 Å². The van der Waals surface area contributed by atoms with Crippen molar-refractivity contribution in [2.75, 3.05) is 11.9 Å². The Labute approximate surface area is 130 Å². The quantitative estimate of drug-likeness (QED) is 0.833. The second-order valence-electron chi connectivity index (χ2n) is 4.61. The van der Waals surface area contributed by atoms with Crippen LogP contribution in [0.2, 0.25) is 5.02 Å². The molecule has 1 N–H and O–H groups in total. The van der Waals surface area contributed by atoms with Gasteiger partial charge in [0.05, 0.1) is 23.4 Å². The molecule has 108 valence electrons. The van der Waals surface area contributed by atoms with Gasteiger partial charge in [-0.05, 0) is 36.2 Å². The van der Waals surface area contributed by atoms with Gasteiger partial charge in [0.1, 0.15) is 11.8 Å². The molecule has 2 aromatic rings. The molecule has 0 aliphatic heterocycles. The molecule has 1 unspecified atom stereocenters. The molecule has 0 spiro atoms. The van der Waals surface area contributed by atoms with Crippen molar-refractivity contribution in [2.45, 2.75) is 19.4 Å². The van der Waals surface area contributed by atoms with Crippen molar-refractivity contribution in [2.24, 2.45) is 0 Å². The Balaban J connectivity index is 2.18. The summed E-state index contributed by atoms with van der Waals surface area (Å²) in [5.74, 6) is 0.774. The lowest BCUT2D eigenvalue weighted by Gasteiger charge is -2.15. The summed E-state index contributed by atoms with van der Waals surface area (Å²) >= 11 is 6.12. The third kappa shape index (κ3) is 4.14. The van der Waals surface area contributed by atoms with Gasteiger partial charge in [-0.2, -0.15) is 5.26 Å². The van der Waals surface area contributed by atoms with Crippen LogP contribution in [0.3, 0.4) is 0 Å².